The summed E-state index contributed by atoms with van der Waals surface area (Å²) in [6, 6.07) is 13.1. The van der Waals surface area contributed by atoms with Gasteiger partial charge in [-0.2, -0.15) is 0 Å². The minimum Gasteiger partial charge on any atom is -0.465 e. The number of fused-ring (bicyclic) bond motifs is 1. The minimum absolute atomic E-state index is 0.290. The Balaban J connectivity index is 2.05. The van der Waals surface area contributed by atoms with Crippen molar-refractivity contribution >= 4 is 28.5 Å². The molecule has 28 heavy (non-hydrogen) atoms. The maximum absolute atomic E-state index is 12.3. The average Bonchev–Trinajstić information content (AvgIpc) is 3.12. The van der Waals surface area contributed by atoms with E-state index in [4.69, 9.17) is 26.8 Å². The number of aromatic nitrogens is 1. The van der Waals surface area contributed by atoms with Gasteiger partial charge in [0.1, 0.15) is 6.04 Å². The van der Waals surface area contributed by atoms with Crippen molar-refractivity contribution < 1.29 is 14.3 Å². The first-order valence-corrected chi connectivity index (χ1v) is 9.68. The van der Waals surface area contributed by atoms with Crippen molar-refractivity contribution in [3.05, 3.63) is 70.4 Å². The molecule has 1 aromatic heterocycles. The average molecular weight is 401 g/mol. The van der Waals surface area contributed by atoms with E-state index in [2.05, 4.69) is 11.1 Å². The van der Waals surface area contributed by atoms with Crippen LogP contribution >= 0.6 is 11.6 Å². The third-order valence-electron chi connectivity index (χ3n) is 4.90. The van der Waals surface area contributed by atoms with Gasteiger partial charge in [0, 0.05) is 35.2 Å². The van der Waals surface area contributed by atoms with Crippen LogP contribution in [0.15, 0.2) is 48.7 Å². The molecule has 0 aliphatic carbocycles. The zero-order valence-electron chi connectivity index (χ0n) is 16.1. The van der Waals surface area contributed by atoms with Crippen LogP contribution in [0, 0.1) is 0 Å². The molecule has 0 bridgehead atoms. The number of halogens is 1. The van der Waals surface area contributed by atoms with Crippen molar-refractivity contribution in [2.75, 3.05) is 20.3 Å². The Morgan fingerprint density at radius 2 is 1.93 bits per heavy atom. The zero-order valence-corrected chi connectivity index (χ0v) is 16.8. The molecule has 3 aromatic rings. The molecule has 0 spiro atoms. The molecule has 0 fully saturated rings. The van der Waals surface area contributed by atoms with Crippen molar-refractivity contribution in [3.8, 4) is 0 Å². The number of ether oxygens (including phenoxy) is 2. The molecule has 0 saturated carbocycles. The second-order valence-corrected chi connectivity index (χ2v) is 7.10. The Kier molecular flexibility index (Phi) is 6.73. The summed E-state index contributed by atoms with van der Waals surface area (Å²) in [5.41, 5.74) is 10.3. The number of nitrogens with two attached hydrogens (primary N) is 1. The molecule has 0 radical (unpaired) electrons. The third kappa shape index (κ3) is 4.22. The summed E-state index contributed by atoms with van der Waals surface area (Å²) in [5.74, 6) is -0.757. The number of rotatable bonds is 8. The van der Waals surface area contributed by atoms with Crippen LogP contribution in [0.25, 0.3) is 10.9 Å². The fraction of sp³-hybridized carbons (Fsp3) is 0.318. The summed E-state index contributed by atoms with van der Waals surface area (Å²) in [6.45, 7) is 2.37. The number of aromatic amines is 1. The highest BCUT2D eigenvalue weighted by Gasteiger charge is 2.30. The Morgan fingerprint density at radius 1 is 1.18 bits per heavy atom. The lowest BCUT2D eigenvalue weighted by Crippen LogP contribution is -2.40. The van der Waals surface area contributed by atoms with E-state index in [0.717, 1.165) is 32.6 Å². The number of H-pyrrole nitrogens is 1. The van der Waals surface area contributed by atoms with Gasteiger partial charge in [-0.05, 0) is 42.2 Å². The van der Waals surface area contributed by atoms with E-state index < -0.39 is 12.0 Å². The topological polar surface area (TPSA) is 77.3 Å². The van der Waals surface area contributed by atoms with Gasteiger partial charge < -0.3 is 20.2 Å². The maximum atomic E-state index is 12.3. The van der Waals surface area contributed by atoms with Crippen LogP contribution < -0.4 is 5.73 Å². The summed E-state index contributed by atoms with van der Waals surface area (Å²) in [4.78, 5) is 15.6. The van der Waals surface area contributed by atoms with Gasteiger partial charge in [0.15, 0.2) is 0 Å². The fourth-order valence-corrected chi connectivity index (χ4v) is 3.75. The molecule has 0 aliphatic heterocycles. The number of methoxy groups -OCH3 is 1. The first-order chi connectivity index (χ1) is 13.6. The molecular weight excluding hydrogens is 376 g/mol. The molecule has 2 aromatic carbocycles. The van der Waals surface area contributed by atoms with Crippen molar-refractivity contribution in [3.63, 3.8) is 0 Å². The van der Waals surface area contributed by atoms with Crippen LogP contribution in [0.1, 0.15) is 29.5 Å². The van der Waals surface area contributed by atoms with Gasteiger partial charge in [-0.3, -0.25) is 4.79 Å². The van der Waals surface area contributed by atoms with Crippen molar-refractivity contribution in [2.45, 2.75) is 25.3 Å². The summed E-state index contributed by atoms with van der Waals surface area (Å²) >= 11 is 6.37. The molecule has 2 atom stereocenters. The molecule has 3 N–H and O–H groups in total. The summed E-state index contributed by atoms with van der Waals surface area (Å²) in [5, 5.41) is 1.78. The van der Waals surface area contributed by atoms with Gasteiger partial charge in [0.25, 0.3) is 0 Å². The Labute approximate surface area is 169 Å². The highest BCUT2D eigenvalue weighted by Crippen LogP contribution is 2.32. The van der Waals surface area contributed by atoms with Gasteiger partial charge in [-0.25, -0.2) is 0 Å². The number of esters is 1. The lowest BCUT2D eigenvalue weighted by atomic mass is 9.89. The smallest absolute Gasteiger partial charge is 0.323 e. The van der Waals surface area contributed by atoms with Crippen LogP contribution in [0.4, 0.5) is 0 Å². The molecular formula is C22H25ClN2O3. The molecule has 3 rings (SSSR count). The Hall–Kier alpha value is -2.34. The standard InChI is InChI=1S/C22H25ClN2O3/c1-3-28-22(26)21(24)17(13-27-2)16-12-25-19-10-6-8-15(20(16)19)11-14-7-4-5-9-18(14)23/h4-10,12,17,21,25H,3,11,13,24H2,1-2H3. The number of carbonyl (C=O) groups is 1. The predicted octanol–water partition coefficient (Wildman–Crippen LogP) is 4.03. The van der Waals surface area contributed by atoms with Crippen LogP contribution in [0.5, 0.6) is 0 Å². The van der Waals surface area contributed by atoms with E-state index in [1.54, 1.807) is 14.0 Å². The molecule has 148 valence electrons. The second-order valence-electron chi connectivity index (χ2n) is 6.69. The van der Waals surface area contributed by atoms with E-state index in [1.807, 2.05) is 42.6 Å². The number of nitrogens with one attached hydrogen (secondary N) is 1. The normalized spacial score (nSPS) is 13.4. The summed E-state index contributed by atoms with van der Waals surface area (Å²) < 4.78 is 10.5. The van der Waals surface area contributed by atoms with Crippen LogP contribution in [0.3, 0.4) is 0 Å². The van der Waals surface area contributed by atoms with Crippen molar-refractivity contribution in [1.29, 1.82) is 0 Å². The highest BCUT2D eigenvalue weighted by atomic mass is 35.5. The number of benzene rings is 2. The fourth-order valence-electron chi connectivity index (χ4n) is 3.54. The molecule has 2 unspecified atom stereocenters. The number of carbonyl (C=O) groups excluding carboxylic acids is 1. The number of hydrogen-bond donors (Lipinski definition) is 2. The lowest BCUT2D eigenvalue weighted by molar-refractivity contribution is -0.145. The van der Waals surface area contributed by atoms with Gasteiger partial charge in [-0.1, -0.05) is 41.9 Å². The first-order valence-electron chi connectivity index (χ1n) is 9.30. The molecule has 0 saturated heterocycles. The maximum Gasteiger partial charge on any atom is 0.323 e. The second kappa shape index (κ2) is 9.24. The minimum atomic E-state index is -0.813. The van der Waals surface area contributed by atoms with E-state index in [9.17, 15) is 4.79 Å². The van der Waals surface area contributed by atoms with Crippen molar-refractivity contribution in [2.24, 2.45) is 5.73 Å². The third-order valence-corrected chi connectivity index (χ3v) is 5.27. The Morgan fingerprint density at radius 3 is 2.64 bits per heavy atom. The summed E-state index contributed by atoms with van der Waals surface area (Å²) in [7, 11) is 1.60. The highest BCUT2D eigenvalue weighted by molar-refractivity contribution is 6.31. The molecule has 1 heterocycles. The predicted molar refractivity (Wildman–Crippen MR) is 112 cm³/mol. The SMILES string of the molecule is CCOC(=O)C(N)C(COC)c1c[nH]c2cccc(Cc3ccccc3Cl)c12. The molecule has 0 amide bonds. The van der Waals surface area contributed by atoms with Gasteiger partial charge in [-0.15, -0.1) is 0 Å². The monoisotopic (exact) mass is 400 g/mol. The van der Waals surface area contributed by atoms with Crippen LogP contribution in [-0.4, -0.2) is 37.3 Å². The van der Waals surface area contributed by atoms with Crippen LogP contribution in [0.2, 0.25) is 5.02 Å². The van der Waals surface area contributed by atoms with Gasteiger partial charge in [0.05, 0.1) is 13.2 Å². The Bertz CT molecular complexity index is 954. The molecule has 6 heteroatoms. The zero-order chi connectivity index (χ0) is 20.1. The first kappa shape index (κ1) is 20.4. The molecule has 5 nitrogen and oxygen atoms in total. The molecule has 0 aliphatic rings. The number of hydrogen-bond acceptors (Lipinski definition) is 4. The summed E-state index contributed by atoms with van der Waals surface area (Å²) in [6.07, 6.45) is 2.58. The van der Waals surface area contributed by atoms with Gasteiger partial charge >= 0.3 is 5.97 Å². The van der Waals surface area contributed by atoms with E-state index in [-0.39, 0.29) is 12.5 Å². The van der Waals surface area contributed by atoms with E-state index in [1.165, 1.54) is 0 Å². The van der Waals surface area contributed by atoms with Crippen molar-refractivity contribution in [1.82, 2.24) is 4.98 Å². The van der Waals surface area contributed by atoms with E-state index >= 15 is 0 Å². The largest absolute Gasteiger partial charge is 0.465 e. The van der Waals surface area contributed by atoms with Gasteiger partial charge in [0.2, 0.25) is 0 Å². The van der Waals surface area contributed by atoms with Crippen LogP contribution in [-0.2, 0) is 20.7 Å². The quantitative estimate of drug-likeness (QED) is 0.559. The van der Waals surface area contributed by atoms with E-state index in [0.29, 0.717) is 13.0 Å². The lowest BCUT2D eigenvalue weighted by Gasteiger charge is -2.22.